The number of benzene rings is 1. The van der Waals surface area contributed by atoms with Crippen molar-refractivity contribution in [3.63, 3.8) is 0 Å². The van der Waals surface area contributed by atoms with E-state index in [2.05, 4.69) is 20.6 Å². The largest absolute Gasteiger partial charge is 0.416 e. The normalized spacial score (nSPS) is 23.1. The van der Waals surface area contributed by atoms with Crippen LogP contribution in [0.25, 0.3) is 0 Å². The zero-order valence-corrected chi connectivity index (χ0v) is 19.5. The van der Waals surface area contributed by atoms with Crippen LogP contribution in [0.3, 0.4) is 0 Å². The van der Waals surface area contributed by atoms with Crippen molar-refractivity contribution in [3.05, 3.63) is 35.4 Å². The van der Waals surface area contributed by atoms with Gasteiger partial charge in [-0.3, -0.25) is 0 Å². The number of alkyl halides is 3. The van der Waals surface area contributed by atoms with Crippen molar-refractivity contribution in [3.8, 4) is 0 Å². The van der Waals surface area contributed by atoms with Gasteiger partial charge in [0.2, 0.25) is 5.95 Å². The van der Waals surface area contributed by atoms with Crippen LogP contribution in [0.2, 0.25) is 0 Å². The second kappa shape index (κ2) is 8.38. The van der Waals surface area contributed by atoms with Crippen molar-refractivity contribution < 1.29 is 21.6 Å². The molecule has 9 nitrogen and oxygen atoms in total. The molecule has 1 saturated heterocycles. The van der Waals surface area contributed by atoms with E-state index in [1.54, 1.807) is 4.90 Å². The van der Waals surface area contributed by atoms with Gasteiger partial charge in [0.05, 0.1) is 16.4 Å². The lowest BCUT2D eigenvalue weighted by molar-refractivity contribution is -0.137. The molecule has 1 aliphatic carbocycles. The fraction of sp³-hybridized carbons (Fsp3) is 0.476. The maximum Gasteiger partial charge on any atom is 0.416 e. The van der Waals surface area contributed by atoms with Crippen molar-refractivity contribution in [1.29, 1.82) is 5.41 Å². The van der Waals surface area contributed by atoms with Gasteiger partial charge >= 0.3 is 6.18 Å². The summed E-state index contributed by atoms with van der Waals surface area (Å²) in [5.41, 5.74) is 5.34. The molecule has 34 heavy (non-hydrogen) atoms. The third kappa shape index (κ3) is 5.09. The first-order valence-corrected chi connectivity index (χ1v) is 12.6. The average molecular weight is 498 g/mol. The van der Waals surface area contributed by atoms with Gasteiger partial charge in [0.25, 0.3) is 0 Å². The molecule has 5 N–H and O–H groups in total. The highest BCUT2D eigenvalue weighted by molar-refractivity contribution is 7.91. The Bertz CT molecular complexity index is 1200. The predicted molar refractivity (Wildman–Crippen MR) is 125 cm³/mol. The molecule has 0 amide bonds. The van der Waals surface area contributed by atoms with Crippen molar-refractivity contribution in [2.45, 2.75) is 42.8 Å². The number of nitrogens with zero attached hydrogens (tertiary/aromatic N) is 3. The van der Waals surface area contributed by atoms with E-state index in [1.807, 2.05) is 6.92 Å². The third-order valence-electron chi connectivity index (χ3n) is 6.03. The molecule has 1 saturated carbocycles. The Hall–Kier alpha value is -2.93. The lowest BCUT2D eigenvalue weighted by Gasteiger charge is -2.43. The van der Waals surface area contributed by atoms with Crippen molar-refractivity contribution in [2.75, 3.05) is 34.9 Å². The number of halogens is 3. The lowest BCUT2D eigenvalue weighted by atomic mass is 9.75. The van der Waals surface area contributed by atoms with Gasteiger partial charge in [-0.15, -0.1) is 0 Å². The van der Waals surface area contributed by atoms with Crippen LogP contribution in [0, 0.1) is 5.41 Å². The molecule has 1 aromatic carbocycles. The van der Waals surface area contributed by atoms with E-state index in [0.717, 1.165) is 18.3 Å². The third-order valence-corrected chi connectivity index (χ3v) is 7.54. The minimum atomic E-state index is -4.51. The summed E-state index contributed by atoms with van der Waals surface area (Å²) in [4.78, 5) is 10.6. The minimum Gasteiger partial charge on any atom is -0.353 e. The number of hydrogen-bond acceptors (Lipinski definition) is 9. The number of hydrogen-bond donors (Lipinski definition) is 4. The summed E-state index contributed by atoms with van der Waals surface area (Å²) in [6.45, 7) is 2.33. The lowest BCUT2D eigenvalue weighted by Crippen LogP contribution is -2.55. The summed E-state index contributed by atoms with van der Waals surface area (Å²) in [5, 5.41) is 13.4. The molecule has 1 aliphatic heterocycles. The second-order valence-corrected chi connectivity index (χ2v) is 11.6. The van der Waals surface area contributed by atoms with Crippen LogP contribution in [-0.2, 0) is 16.0 Å². The average Bonchev–Trinajstić information content (AvgIpc) is 2.64. The van der Waals surface area contributed by atoms with Gasteiger partial charge in [-0.1, -0.05) is 6.07 Å². The molecular formula is C21H26F3N7O2S. The topological polar surface area (TPSA) is 137 Å². The molecule has 0 unspecified atom stereocenters. The highest BCUT2D eigenvalue weighted by atomic mass is 32.2. The van der Waals surface area contributed by atoms with E-state index in [0.29, 0.717) is 18.7 Å². The molecule has 2 aliphatic rings. The fourth-order valence-electron chi connectivity index (χ4n) is 4.13. The molecule has 0 atom stereocenters. The minimum absolute atomic E-state index is 0.0234. The molecule has 0 radical (unpaired) electrons. The first kappa shape index (κ1) is 24.2. The Morgan fingerprint density at radius 3 is 2.50 bits per heavy atom. The first-order chi connectivity index (χ1) is 15.7. The van der Waals surface area contributed by atoms with Gasteiger partial charge in [-0.2, -0.15) is 23.1 Å². The van der Waals surface area contributed by atoms with Crippen LogP contribution >= 0.6 is 0 Å². The maximum atomic E-state index is 13.2. The molecule has 4 rings (SSSR count). The molecular weight excluding hydrogens is 471 g/mol. The van der Waals surface area contributed by atoms with Crippen LogP contribution in [0.5, 0.6) is 0 Å². The van der Waals surface area contributed by atoms with Crippen LogP contribution < -0.4 is 21.3 Å². The smallest absolute Gasteiger partial charge is 0.353 e. The van der Waals surface area contributed by atoms with E-state index < -0.39 is 26.8 Å². The van der Waals surface area contributed by atoms with E-state index in [-0.39, 0.29) is 47.7 Å². The van der Waals surface area contributed by atoms with Gasteiger partial charge in [0.15, 0.2) is 9.84 Å². The fourth-order valence-corrected chi connectivity index (χ4v) is 5.04. The van der Waals surface area contributed by atoms with Gasteiger partial charge in [0.1, 0.15) is 11.6 Å². The molecule has 2 fully saturated rings. The Labute approximate surface area is 195 Å². The van der Waals surface area contributed by atoms with E-state index in [1.165, 1.54) is 18.4 Å². The van der Waals surface area contributed by atoms with Crippen molar-refractivity contribution in [2.24, 2.45) is 5.73 Å². The molecule has 0 spiro atoms. The Morgan fingerprint density at radius 2 is 1.94 bits per heavy atom. The molecule has 184 valence electrons. The monoisotopic (exact) mass is 497 g/mol. The number of rotatable bonds is 7. The molecule has 13 heteroatoms. The van der Waals surface area contributed by atoms with Crippen LogP contribution in [0.1, 0.15) is 30.9 Å². The highest BCUT2D eigenvalue weighted by Crippen LogP contribution is 2.36. The summed E-state index contributed by atoms with van der Waals surface area (Å²) >= 11 is 0. The van der Waals surface area contributed by atoms with Crippen LogP contribution in [0.15, 0.2) is 24.3 Å². The number of anilines is 4. The van der Waals surface area contributed by atoms with E-state index in [9.17, 15) is 21.6 Å². The standard InChI is InChI=1S/C21H26F3N7O2S/c1-20(26)7-14(8-20)28-19-29-17(27-13-5-3-4-12(6-13)21(22,23)24)16(9-25)18(30-19)31-10-15(11-31)34(2,32)33/h3-6,9,14-15,25H,7-8,10-11,26H2,1-2H3,(H2,27,28,29,30). The second-order valence-electron chi connectivity index (χ2n) is 9.24. The summed E-state index contributed by atoms with van der Waals surface area (Å²) in [7, 11) is -3.23. The maximum absolute atomic E-state index is 13.2. The zero-order valence-electron chi connectivity index (χ0n) is 18.6. The van der Waals surface area contributed by atoms with Crippen LogP contribution in [0.4, 0.5) is 36.4 Å². The van der Waals surface area contributed by atoms with Gasteiger partial charge < -0.3 is 26.7 Å². The van der Waals surface area contributed by atoms with Crippen molar-refractivity contribution in [1.82, 2.24) is 9.97 Å². The number of sulfone groups is 1. The van der Waals surface area contributed by atoms with Crippen LogP contribution in [-0.4, -0.2) is 60.8 Å². The quantitative estimate of drug-likeness (QED) is 0.429. The summed E-state index contributed by atoms with van der Waals surface area (Å²) in [5.74, 6) is 0.689. The summed E-state index contributed by atoms with van der Waals surface area (Å²) < 4.78 is 63.2. The Balaban J connectivity index is 1.68. The summed E-state index contributed by atoms with van der Waals surface area (Å²) in [6.07, 6.45) is -0.963. The molecule has 2 heterocycles. The van der Waals surface area contributed by atoms with Gasteiger partial charge in [-0.25, -0.2) is 8.42 Å². The number of nitrogens with one attached hydrogen (secondary N) is 3. The predicted octanol–water partition coefficient (Wildman–Crippen LogP) is 2.76. The highest BCUT2D eigenvalue weighted by Gasteiger charge is 2.39. The number of aromatic nitrogens is 2. The SMILES string of the molecule is CC1(N)CC(Nc2nc(Nc3cccc(C(F)(F)F)c3)c(C=N)c(N3CC(S(C)(=O)=O)C3)n2)C1. The Kier molecular flexibility index (Phi) is 5.96. The van der Waals surface area contributed by atoms with E-state index in [4.69, 9.17) is 11.1 Å². The van der Waals surface area contributed by atoms with Gasteiger partial charge in [0, 0.05) is 42.8 Å². The zero-order chi connectivity index (χ0) is 24.9. The molecule has 0 bridgehead atoms. The number of nitrogens with two attached hydrogens (primary N) is 1. The van der Waals surface area contributed by atoms with E-state index >= 15 is 0 Å². The Morgan fingerprint density at radius 1 is 1.26 bits per heavy atom. The van der Waals surface area contributed by atoms with Gasteiger partial charge in [-0.05, 0) is 38.0 Å². The molecule has 1 aromatic heterocycles. The summed E-state index contributed by atoms with van der Waals surface area (Å²) in [6, 6.07) is 4.69. The van der Waals surface area contributed by atoms with Crippen molar-refractivity contribution >= 4 is 39.3 Å². The molecule has 2 aromatic rings. The first-order valence-electron chi connectivity index (χ1n) is 10.6.